The average molecular weight is 248 g/mol. The molecule has 0 unspecified atom stereocenters. The summed E-state index contributed by atoms with van der Waals surface area (Å²) in [6.45, 7) is 5.47. The van der Waals surface area contributed by atoms with Gasteiger partial charge in [-0.1, -0.05) is 11.8 Å². The molecule has 0 spiro atoms. The number of nitrogens with one attached hydrogen (secondary N) is 2. The van der Waals surface area contributed by atoms with Crippen LogP contribution in [0, 0.1) is 11.8 Å². The first-order valence-electron chi connectivity index (χ1n) is 5.51. The molecule has 2 N–H and O–H groups in total. The van der Waals surface area contributed by atoms with Crippen LogP contribution in [0.5, 0.6) is 0 Å². The van der Waals surface area contributed by atoms with E-state index in [0.717, 1.165) is 0 Å². The van der Waals surface area contributed by atoms with Gasteiger partial charge < -0.3 is 15.0 Å². The van der Waals surface area contributed by atoms with Crippen LogP contribution in [0.3, 0.4) is 0 Å². The van der Waals surface area contributed by atoms with Gasteiger partial charge in [0.25, 0.3) is 0 Å². The summed E-state index contributed by atoms with van der Waals surface area (Å²) in [6, 6.07) is 1.39. The van der Waals surface area contributed by atoms with E-state index in [9.17, 15) is 9.59 Å². The van der Waals surface area contributed by atoms with Crippen molar-refractivity contribution in [1.29, 1.82) is 0 Å². The second kappa shape index (κ2) is 5.92. The van der Waals surface area contributed by atoms with Gasteiger partial charge in [-0.15, -0.1) is 0 Å². The maximum atomic E-state index is 11.3. The van der Waals surface area contributed by atoms with Gasteiger partial charge in [0.05, 0.1) is 12.1 Å². The van der Waals surface area contributed by atoms with Gasteiger partial charge in [0.1, 0.15) is 5.60 Å². The molecular formula is C13H16N2O3. The first-order valence-corrected chi connectivity index (χ1v) is 5.51. The highest BCUT2D eigenvalue weighted by atomic mass is 16.6. The monoisotopic (exact) mass is 248 g/mol. The van der Waals surface area contributed by atoms with Gasteiger partial charge in [0.15, 0.2) is 5.43 Å². The van der Waals surface area contributed by atoms with Crippen LogP contribution in [-0.4, -0.2) is 23.2 Å². The summed E-state index contributed by atoms with van der Waals surface area (Å²) in [5.41, 5.74) is -0.323. The summed E-state index contributed by atoms with van der Waals surface area (Å²) in [7, 11) is 0. The Hall–Kier alpha value is -2.22. The van der Waals surface area contributed by atoms with Crippen molar-refractivity contribution >= 4 is 6.09 Å². The van der Waals surface area contributed by atoms with Crippen LogP contribution in [0.1, 0.15) is 26.3 Å². The molecule has 18 heavy (non-hydrogen) atoms. The Labute approximate surface area is 106 Å². The molecule has 0 aliphatic rings. The Morgan fingerprint density at radius 3 is 2.83 bits per heavy atom. The van der Waals surface area contributed by atoms with Crippen molar-refractivity contribution in [2.24, 2.45) is 0 Å². The fourth-order valence-corrected chi connectivity index (χ4v) is 1.08. The van der Waals surface area contributed by atoms with E-state index < -0.39 is 11.7 Å². The van der Waals surface area contributed by atoms with E-state index in [1.165, 1.54) is 18.5 Å². The first kappa shape index (κ1) is 13.8. The molecule has 0 saturated heterocycles. The molecule has 96 valence electrons. The zero-order valence-corrected chi connectivity index (χ0v) is 10.7. The number of aromatic nitrogens is 1. The third kappa shape index (κ3) is 5.21. The SMILES string of the molecule is CC(C)(C)OC(=O)NCC#Cc1c[nH]ccc1=O. The quantitative estimate of drug-likeness (QED) is 0.735. The minimum Gasteiger partial charge on any atom is -0.444 e. The van der Waals surface area contributed by atoms with Crippen molar-refractivity contribution in [3.05, 3.63) is 34.2 Å². The highest BCUT2D eigenvalue weighted by Crippen LogP contribution is 2.05. The molecule has 1 heterocycles. The molecule has 0 aromatic carbocycles. The molecule has 0 bridgehead atoms. The summed E-state index contributed by atoms with van der Waals surface area (Å²) < 4.78 is 5.03. The molecule has 1 rings (SSSR count). The number of alkyl carbamates (subject to hydrolysis) is 1. The Morgan fingerprint density at radius 1 is 1.50 bits per heavy atom. The molecule has 0 aliphatic carbocycles. The second-order valence-corrected chi connectivity index (χ2v) is 4.58. The molecule has 0 saturated carbocycles. The maximum absolute atomic E-state index is 11.3. The van der Waals surface area contributed by atoms with Gasteiger partial charge in [-0.25, -0.2) is 4.79 Å². The van der Waals surface area contributed by atoms with Crippen LogP contribution in [0.15, 0.2) is 23.3 Å². The van der Waals surface area contributed by atoms with Crippen molar-refractivity contribution in [2.75, 3.05) is 6.54 Å². The molecule has 0 aliphatic heterocycles. The minimum absolute atomic E-state index is 0.128. The molecule has 1 aromatic heterocycles. The Balaban J connectivity index is 2.47. The average Bonchev–Trinajstić information content (AvgIpc) is 2.24. The van der Waals surface area contributed by atoms with E-state index in [1.807, 2.05) is 0 Å². The van der Waals surface area contributed by atoms with Crippen LogP contribution in [-0.2, 0) is 4.74 Å². The number of rotatable bonds is 1. The summed E-state index contributed by atoms with van der Waals surface area (Å²) >= 11 is 0. The predicted molar refractivity (Wildman–Crippen MR) is 68.2 cm³/mol. The molecule has 0 radical (unpaired) electrons. The van der Waals surface area contributed by atoms with E-state index in [4.69, 9.17) is 4.74 Å². The standard InChI is InChI=1S/C13H16N2O3/c1-13(2,3)18-12(17)15-7-4-5-10-9-14-8-6-11(10)16/h6,8-9H,7H2,1-3H3,(H,14,16)(H,15,17). The van der Waals surface area contributed by atoms with Gasteiger partial charge in [0, 0.05) is 18.5 Å². The topological polar surface area (TPSA) is 71.2 Å². The highest BCUT2D eigenvalue weighted by molar-refractivity contribution is 5.68. The van der Waals surface area contributed by atoms with Gasteiger partial charge in [-0.2, -0.15) is 0 Å². The van der Waals surface area contributed by atoms with Crippen LogP contribution in [0.25, 0.3) is 0 Å². The molecule has 5 nitrogen and oxygen atoms in total. The summed E-state index contributed by atoms with van der Waals surface area (Å²) in [4.78, 5) is 25.3. The smallest absolute Gasteiger partial charge is 0.408 e. The lowest BCUT2D eigenvalue weighted by Gasteiger charge is -2.18. The summed E-state index contributed by atoms with van der Waals surface area (Å²) in [5, 5.41) is 2.48. The molecule has 5 heteroatoms. The lowest BCUT2D eigenvalue weighted by molar-refractivity contribution is 0.0535. The van der Waals surface area contributed by atoms with Gasteiger partial charge in [-0.05, 0) is 20.8 Å². The van der Waals surface area contributed by atoms with Crippen molar-refractivity contribution < 1.29 is 9.53 Å². The molecule has 1 amide bonds. The lowest BCUT2D eigenvalue weighted by Crippen LogP contribution is -2.32. The van der Waals surface area contributed by atoms with Crippen molar-refractivity contribution in [1.82, 2.24) is 10.3 Å². The number of pyridine rings is 1. The number of carbonyl (C=O) groups excluding carboxylic acids is 1. The van der Waals surface area contributed by atoms with Gasteiger partial charge >= 0.3 is 6.09 Å². The fraction of sp³-hybridized carbons (Fsp3) is 0.385. The zero-order chi connectivity index (χ0) is 13.6. The largest absolute Gasteiger partial charge is 0.444 e. The van der Waals surface area contributed by atoms with E-state index in [0.29, 0.717) is 5.56 Å². The van der Waals surface area contributed by atoms with E-state index >= 15 is 0 Å². The number of ether oxygens (including phenoxy) is 1. The lowest BCUT2D eigenvalue weighted by atomic mass is 10.2. The Bertz CT molecular complexity index is 529. The normalized spacial score (nSPS) is 10.2. The van der Waals surface area contributed by atoms with E-state index in [2.05, 4.69) is 22.1 Å². The highest BCUT2D eigenvalue weighted by Gasteiger charge is 2.14. The fourth-order valence-electron chi connectivity index (χ4n) is 1.08. The third-order valence-electron chi connectivity index (χ3n) is 1.77. The van der Waals surface area contributed by atoms with Crippen LogP contribution in [0.4, 0.5) is 4.79 Å². The summed E-state index contributed by atoms with van der Waals surface area (Å²) in [5.74, 6) is 5.34. The van der Waals surface area contributed by atoms with Crippen LogP contribution >= 0.6 is 0 Å². The first-order chi connectivity index (χ1) is 8.38. The number of H-pyrrole nitrogens is 1. The zero-order valence-electron chi connectivity index (χ0n) is 10.7. The number of amides is 1. The number of carbonyl (C=O) groups is 1. The Morgan fingerprint density at radius 2 is 2.22 bits per heavy atom. The number of hydrogen-bond acceptors (Lipinski definition) is 3. The molecule has 1 aromatic rings. The number of hydrogen-bond donors (Lipinski definition) is 2. The molecular weight excluding hydrogens is 232 g/mol. The van der Waals surface area contributed by atoms with Crippen LogP contribution < -0.4 is 10.7 Å². The van der Waals surface area contributed by atoms with Crippen molar-refractivity contribution in [2.45, 2.75) is 26.4 Å². The molecule has 0 fully saturated rings. The molecule has 0 atom stereocenters. The second-order valence-electron chi connectivity index (χ2n) is 4.58. The minimum atomic E-state index is -0.534. The van der Waals surface area contributed by atoms with Gasteiger partial charge in [0.2, 0.25) is 0 Å². The third-order valence-corrected chi connectivity index (χ3v) is 1.77. The van der Waals surface area contributed by atoms with E-state index in [-0.39, 0.29) is 12.0 Å². The number of aromatic amines is 1. The van der Waals surface area contributed by atoms with Crippen LogP contribution in [0.2, 0.25) is 0 Å². The predicted octanol–water partition coefficient (Wildman–Crippen LogP) is 1.25. The van der Waals surface area contributed by atoms with Crippen molar-refractivity contribution in [3.63, 3.8) is 0 Å². The van der Waals surface area contributed by atoms with Crippen molar-refractivity contribution in [3.8, 4) is 11.8 Å². The summed E-state index contributed by atoms with van der Waals surface area (Å²) in [6.07, 6.45) is 2.52. The van der Waals surface area contributed by atoms with Gasteiger partial charge in [-0.3, -0.25) is 4.79 Å². The maximum Gasteiger partial charge on any atom is 0.408 e. The van der Waals surface area contributed by atoms with E-state index in [1.54, 1.807) is 20.8 Å². The Kier molecular flexibility index (Phi) is 4.55.